The molecule has 0 aliphatic heterocycles. The topological polar surface area (TPSA) is 29.5 Å². The van der Waals surface area contributed by atoms with Crippen LogP contribution in [0.25, 0.3) is 0 Å². The Labute approximate surface area is 128 Å². The Kier molecular flexibility index (Phi) is 5.30. The van der Waals surface area contributed by atoms with Gasteiger partial charge in [0.2, 0.25) is 0 Å². The third-order valence-corrected chi connectivity index (χ3v) is 3.47. The molecule has 2 aromatic carbocycles. The summed E-state index contributed by atoms with van der Waals surface area (Å²) in [6.07, 6.45) is 0.139. The first-order valence-electron chi connectivity index (χ1n) is 6.47. The number of hydrogen-bond acceptors (Lipinski definition) is 2. The van der Waals surface area contributed by atoms with Gasteiger partial charge in [-0.05, 0) is 36.2 Å². The third kappa shape index (κ3) is 3.66. The van der Waals surface area contributed by atoms with Crippen LogP contribution in [0.1, 0.15) is 30.6 Å². The Morgan fingerprint density at radius 1 is 1.15 bits per heavy atom. The molecule has 0 saturated carbocycles. The molecule has 0 spiro atoms. The maximum atomic E-state index is 10.4. The Morgan fingerprint density at radius 2 is 1.95 bits per heavy atom. The minimum Gasteiger partial charge on any atom is -0.494 e. The highest BCUT2D eigenvalue weighted by molar-refractivity contribution is 6.35. The van der Waals surface area contributed by atoms with Crippen molar-refractivity contribution in [3.8, 4) is 5.75 Å². The molecule has 1 atom stereocenters. The summed E-state index contributed by atoms with van der Waals surface area (Å²) >= 11 is 12.0. The molecule has 0 fully saturated rings. The minimum absolute atomic E-state index is 0.449. The van der Waals surface area contributed by atoms with E-state index < -0.39 is 6.10 Å². The number of ether oxygens (including phenoxy) is 1. The van der Waals surface area contributed by atoms with Crippen LogP contribution in [0.4, 0.5) is 0 Å². The van der Waals surface area contributed by atoms with Crippen LogP contribution in [0.3, 0.4) is 0 Å². The molecule has 2 nitrogen and oxygen atoms in total. The van der Waals surface area contributed by atoms with E-state index in [2.05, 4.69) is 0 Å². The first-order chi connectivity index (χ1) is 9.61. The van der Waals surface area contributed by atoms with E-state index in [1.165, 1.54) is 0 Å². The van der Waals surface area contributed by atoms with Crippen molar-refractivity contribution in [3.63, 3.8) is 0 Å². The van der Waals surface area contributed by atoms with Crippen molar-refractivity contribution in [1.29, 1.82) is 0 Å². The summed E-state index contributed by atoms with van der Waals surface area (Å²) in [7, 11) is 0. The van der Waals surface area contributed by atoms with Crippen LogP contribution in [0.2, 0.25) is 10.0 Å². The second kappa shape index (κ2) is 6.98. The number of hydrogen-bond donors (Lipinski definition) is 1. The number of benzene rings is 2. The van der Waals surface area contributed by atoms with Crippen molar-refractivity contribution in [3.05, 3.63) is 63.6 Å². The molecular weight excluding hydrogens is 295 g/mol. The van der Waals surface area contributed by atoms with Crippen LogP contribution in [0, 0.1) is 0 Å². The third-order valence-electron chi connectivity index (χ3n) is 2.90. The highest BCUT2D eigenvalue weighted by Gasteiger charge is 2.14. The molecule has 4 heteroatoms. The van der Waals surface area contributed by atoms with Gasteiger partial charge in [0.05, 0.1) is 6.61 Å². The molecule has 20 heavy (non-hydrogen) atoms. The predicted molar refractivity (Wildman–Crippen MR) is 82.8 cm³/mol. The second-order valence-electron chi connectivity index (χ2n) is 4.49. The van der Waals surface area contributed by atoms with E-state index in [9.17, 15) is 5.11 Å². The Balaban J connectivity index is 2.26. The maximum Gasteiger partial charge on any atom is 0.119 e. The Bertz CT molecular complexity index is 584. The smallest absolute Gasteiger partial charge is 0.119 e. The molecule has 0 aromatic heterocycles. The molecule has 106 valence electrons. The number of rotatable bonds is 5. The summed E-state index contributed by atoms with van der Waals surface area (Å²) in [6, 6.07) is 12.5. The van der Waals surface area contributed by atoms with E-state index in [0.717, 1.165) is 17.7 Å². The molecule has 0 radical (unpaired) electrons. The molecule has 0 heterocycles. The van der Waals surface area contributed by atoms with Gasteiger partial charge in [-0.15, -0.1) is 0 Å². The van der Waals surface area contributed by atoms with Gasteiger partial charge in [-0.25, -0.2) is 0 Å². The molecule has 2 rings (SSSR count). The van der Waals surface area contributed by atoms with Gasteiger partial charge < -0.3 is 9.84 Å². The van der Waals surface area contributed by atoms with Crippen LogP contribution in [-0.4, -0.2) is 11.7 Å². The predicted octanol–water partition coefficient (Wildman–Crippen LogP) is 4.86. The van der Waals surface area contributed by atoms with E-state index in [1.807, 2.05) is 31.2 Å². The van der Waals surface area contributed by atoms with E-state index in [0.29, 0.717) is 22.2 Å². The highest BCUT2D eigenvalue weighted by atomic mass is 35.5. The van der Waals surface area contributed by atoms with E-state index >= 15 is 0 Å². The average Bonchev–Trinajstić information content (AvgIpc) is 2.45. The van der Waals surface area contributed by atoms with Crippen molar-refractivity contribution in [1.82, 2.24) is 0 Å². The zero-order valence-electron chi connectivity index (χ0n) is 11.1. The van der Waals surface area contributed by atoms with Gasteiger partial charge in [0.25, 0.3) is 0 Å². The number of aliphatic hydroxyl groups is 1. The summed E-state index contributed by atoms with van der Waals surface area (Å²) in [4.78, 5) is 0. The Morgan fingerprint density at radius 3 is 2.65 bits per heavy atom. The highest BCUT2D eigenvalue weighted by Crippen LogP contribution is 2.31. The normalized spacial score (nSPS) is 12.2. The molecule has 0 amide bonds. The SMILES string of the molecule is CCCOc1cccc(C(O)c2ccc(Cl)cc2Cl)c1. The van der Waals surface area contributed by atoms with E-state index in [-0.39, 0.29) is 0 Å². The van der Waals surface area contributed by atoms with E-state index in [4.69, 9.17) is 27.9 Å². The summed E-state index contributed by atoms with van der Waals surface area (Å²) in [5.74, 6) is 0.744. The largest absolute Gasteiger partial charge is 0.494 e. The zero-order chi connectivity index (χ0) is 14.5. The first kappa shape index (κ1) is 15.2. The molecule has 0 aliphatic rings. The summed E-state index contributed by atoms with van der Waals surface area (Å²) in [5, 5.41) is 11.4. The standard InChI is InChI=1S/C16H16Cl2O2/c1-2-8-20-13-5-3-4-11(9-13)16(19)14-7-6-12(17)10-15(14)18/h3-7,9-10,16,19H,2,8H2,1H3. The lowest BCUT2D eigenvalue weighted by Gasteiger charge is -2.14. The van der Waals surface area contributed by atoms with Crippen LogP contribution < -0.4 is 4.74 Å². The molecule has 1 N–H and O–H groups in total. The molecule has 0 saturated heterocycles. The molecule has 0 aliphatic carbocycles. The summed E-state index contributed by atoms with van der Waals surface area (Å²) in [6.45, 7) is 2.70. The van der Waals surface area contributed by atoms with Gasteiger partial charge in [0.1, 0.15) is 11.9 Å². The zero-order valence-corrected chi connectivity index (χ0v) is 12.7. The molecule has 1 unspecified atom stereocenters. The fourth-order valence-electron chi connectivity index (χ4n) is 1.90. The Hall–Kier alpha value is -1.22. The van der Waals surface area contributed by atoms with Crippen molar-refractivity contribution in [2.45, 2.75) is 19.4 Å². The van der Waals surface area contributed by atoms with Crippen molar-refractivity contribution in [2.24, 2.45) is 0 Å². The van der Waals surface area contributed by atoms with Crippen LogP contribution in [0.15, 0.2) is 42.5 Å². The van der Waals surface area contributed by atoms with Crippen molar-refractivity contribution in [2.75, 3.05) is 6.61 Å². The molecular formula is C16H16Cl2O2. The van der Waals surface area contributed by atoms with Gasteiger partial charge in [-0.3, -0.25) is 0 Å². The van der Waals surface area contributed by atoms with Crippen LogP contribution >= 0.6 is 23.2 Å². The average molecular weight is 311 g/mol. The van der Waals surface area contributed by atoms with Gasteiger partial charge in [-0.1, -0.05) is 48.3 Å². The van der Waals surface area contributed by atoms with Crippen LogP contribution in [0.5, 0.6) is 5.75 Å². The maximum absolute atomic E-state index is 10.4. The lowest BCUT2D eigenvalue weighted by atomic mass is 10.0. The van der Waals surface area contributed by atoms with E-state index in [1.54, 1.807) is 18.2 Å². The van der Waals surface area contributed by atoms with Gasteiger partial charge in [0.15, 0.2) is 0 Å². The second-order valence-corrected chi connectivity index (χ2v) is 5.33. The fourth-order valence-corrected chi connectivity index (χ4v) is 2.41. The summed E-state index contributed by atoms with van der Waals surface area (Å²) in [5.41, 5.74) is 1.37. The van der Waals surface area contributed by atoms with Gasteiger partial charge >= 0.3 is 0 Å². The summed E-state index contributed by atoms with van der Waals surface area (Å²) < 4.78 is 5.57. The first-order valence-corrected chi connectivity index (χ1v) is 7.23. The van der Waals surface area contributed by atoms with Crippen LogP contribution in [-0.2, 0) is 0 Å². The van der Waals surface area contributed by atoms with Crippen molar-refractivity contribution >= 4 is 23.2 Å². The quantitative estimate of drug-likeness (QED) is 0.854. The number of halogens is 2. The fraction of sp³-hybridized carbons (Fsp3) is 0.250. The lowest BCUT2D eigenvalue weighted by molar-refractivity contribution is 0.219. The number of aliphatic hydroxyl groups excluding tert-OH is 1. The molecule has 2 aromatic rings. The monoisotopic (exact) mass is 310 g/mol. The lowest BCUT2D eigenvalue weighted by Crippen LogP contribution is -2.02. The van der Waals surface area contributed by atoms with Gasteiger partial charge in [0, 0.05) is 15.6 Å². The minimum atomic E-state index is -0.801. The van der Waals surface area contributed by atoms with Crippen molar-refractivity contribution < 1.29 is 9.84 Å². The van der Waals surface area contributed by atoms with Gasteiger partial charge in [-0.2, -0.15) is 0 Å². The molecule has 0 bridgehead atoms.